The molecule has 0 saturated carbocycles. The molecule has 0 saturated heterocycles. The van der Waals surface area contributed by atoms with Crippen molar-refractivity contribution in [2.24, 2.45) is 0 Å². The molecule has 2 aromatic carbocycles. The van der Waals surface area contributed by atoms with E-state index in [2.05, 4.69) is 87.1 Å². The highest BCUT2D eigenvalue weighted by atomic mass is 15.2. The summed E-state index contributed by atoms with van der Waals surface area (Å²) < 4.78 is 0. The topological polar surface area (TPSA) is 15.3 Å². The number of allylic oxidation sites excluding steroid dienone is 1. The van der Waals surface area contributed by atoms with Gasteiger partial charge in [0.25, 0.3) is 0 Å². The number of likely N-dealkylation sites (N-methyl/N-ethyl adjacent to an activating group) is 1. The highest BCUT2D eigenvalue weighted by Gasteiger charge is 2.37. The molecule has 0 aliphatic carbocycles. The van der Waals surface area contributed by atoms with Crippen LogP contribution in [0.15, 0.2) is 54.7 Å². The number of fused-ring (bicyclic) bond motifs is 1. The number of anilines is 3. The zero-order chi connectivity index (χ0) is 15.2. The summed E-state index contributed by atoms with van der Waals surface area (Å²) in [5, 5.41) is 3.52. The van der Waals surface area contributed by atoms with E-state index in [1.807, 2.05) is 0 Å². The van der Waals surface area contributed by atoms with E-state index in [1.165, 1.54) is 16.8 Å². The van der Waals surface area contributed by atoms with E-state index < -0.39 is 0 Å². The average molecular weight is 278 g/mol. The van der Waals surface area contributed by atoms with Crippen LogP contribution in [-0.2, 0) is 5.41 Å². The van der Waals surface area contributed by atoms with Crippen molar-refractivity contribution in [1.82, 2.24) is 0 Å². The molecule has 0 aromatic heterocycles. The number of nitrogens with one attached hydrogen (secondary N) is 1. The van der Waals surface area contributed by atoms with Crippen LogP contribution >= 0.6 is 0 Å². The van der Waals surface area contributed by atoms with Gasteiger partial charge in [0, 0.05) is 35.2 Å². The van der Waals surface area contributed by atoms with Gasteiger partial charge in [-0.3, -0.25) is 0 Å². The Morgan fingerprint density at radius 3 is 2.52 bits per heavy atom. The number of aryl methyl sites for hydroxylation is 1. The van der Waals surface area contributed by atoms with Crippen LogP contribution in [0, 0.1) is 6.92 Å². The molecule has 21 heavy (non-hydrogen) atoms. The zero-order valence-corrected chi connectivity index (χ0v) is 13.2. The standard InChI is InChI=1S/C19H22N2/c1-13-8-6-7-9-17(13)20-15-10-11-18-16(12-15)19(3,4)14(2)21(18)5/h6-12,20H,2H2,1,3-5H3. The van der Waals surface area contributed by atoms with Crippen LogP contribution in [0.2, 0.25) is 0 Å². The Kier molecular flexibility index (Phi) is 3.05. The molecule has 108 valence electrons. The van der Waals surface area contributed by atoms with Gasteiger partial charge in [-0.05, 0) is 42.3 Å². The predicted molar refractivity (Wildman–Crippen MR) is 91.5 cm³/mol. The molecular weight excluding hydrogens is 256 g/mol. The average Bonchev–Trinajstić information content (AvgIpc) is 2.63. The van der Waals surface area contributed by atoms with E-state index in [-0.39, 0.29) is 5.41 Å². The van der Waals surface area contributed by atoms with E-state index in [4.69, 9.17) is 0 Å². The summed E-state index contributed by atoms with van der Waals surface area (Å²) >= 11 is 0. The maximum absolute atomic E-state index is 4.24. The van der Waals surface area contributed by atoms with Gasteiger partial charge in [0.05, 0.1) is 0 Å². The third-order valence-electron chi connectivity index (χ3n) is 4.58. The molecule has 1 aliphatic rings. The Labute approximate surface area is 127 Å². The summed E-state index contributed by atoms with van der Waals surface area (Å²) in [6.07, 6.45) is 0. The molecular formula is C19H22N2. The van der Waals surface area contributed by atoms with Crippen LogP contribution in [-0.4, -0.2) is 7.05 Å². The third-order valence-corrected chi connectivity index (χ3v) is 4.58. The third kappa shape index (κ3) is 2.11. The van der Waals surface area contributed by atoms with Gasteiger partial charge < -0.3 is 10.2 Å². The smallest absolute Gasteiger partial charge is 0.0449 e. The monoisotopic (exact) mass is 278 g/mol. The first-order valence-corrected chi connectivity index (χ1v) is 7.31. The Hall–Kier alpha value is -2.22. The second-order valence-electron chi connectivity index (χ2n) is 6.30. The van der Waals surface area contributed by atoms with Crippen molar-refractivity contribution in [2.75, 3.05) is 17.3 Å². The fourth-order valence-corrected chi connectivity index (χ4v) is 3.00. The number of benzene rings is 2. The minimum absolute atomic E-state index is 0.0203. The molecule has 3 rings (SSSR count). The summed E-state index contributed by atoms with van der Waals surface area (Å²) in [6, 6.07) is 14.9. The summed E-state index contributed by atoms with van der Waals surface area (Å²) in [4.78, 5) is 2.19. The minimum atomic E-state index is -0.0203. The van der Waals surface area contributed by atoms with Gasteiger partial charge in [0.15, 0.2) is 0 Å². The van der Waals surface area contributed by atoms with E-state index in [0.29, 0.717) is 0 Å². The molecule has 2 aromatic rings. The van der Waals surface area contributed by atoms with Gasteiger partial charge in [-0.1, -0.05) is 38.6 Å². The van der Waals surface area contributed by atoms with Crippen molar-refractivity contribution >= 4 is 17.1 Å². The van der Waals surface area contributed by atoms with Crippen LogP contribution in [0.1, 0.15) is 25.0 Å². The molecule has 1 heterocycles. The Morgan fingerprint density at radius 1 is 1.10 bits per heavy atom. The van der Waals surface area contributed by atoms with Gasteiger partial charge in [0.1, 0.15) is 0 Å². The van der Waals surface area contributed by atoms with Crippen LogP contribution in [0.25, 0.3) is 0 Å². The van der Waals surface area contributed by atoms with Crippen molar-refractivity contribution in [3.63, 3.8) is 0 Å². The van der Waals surface area contributed by atoms with Gasteiger partial charge in [-0.25, -0.2) is 0 Å². The molecule has 0 spiro atoms. The largest absolute Gasteiger partial charge is 0.355 e. The van der Waals surface area contributed by atoms with Gasteiger partial charge in [0.2, 0.25) is 0 Å². The Morgan fingerprint density at radius 2 is 1.81 bits per heavy atom. The summed E-state index contributed by atoms with van der Waals surface area (Å²) in [7, 11) is 2.09. The van der Waals surface area contributed by atoms with Crippen molar-refractivity contribution in [1.29, 1.82) is 0 Å². The lowest BCUT2D eigenvalue weighted by atomic mass is 9.84. The number of nitrogens with zero attached hydrogens (tertiary/aromatic N) is 1. The van der Waals surface area contributed by atoms with Gasteiger partial charge in [-0.2, -0.15) is 0 Å². The molecule has 0 radical (unpaired) electrons. The van der Waals surface area contributed by atoms with Crippen LogP contribution in [0.4, 0.5) is 17.1 Å². The maximum Gasteiger partial charge on any atom is 0.0449 e. The molecule has 2 nitrogen and oxygen atoms in total. The second-order valence-corrected chi connectivity index (χ2v) is 6.30. The SMILES string of the molecule is C=C1N(C)c2ccc(Nc3ccccc3C)cc2C1(C)C. The lowest BCUT2D eigenvalue weighted by molar-refractivity contribution is 0.643. The number of hydrogen-bond acceptors (Lipinski definition) is 2. The van der Waals surface area contributed by atoms with Crippen molar-refractivity contribution in [2.45, 2.75) is 26.2 Å². The highest BCUT2D eigenvalue weighted by Crippen LogP contribution is 2.47. The fourth-order valence-electron chi connectivity index (χ4n) is 3.00. The fraction of sp³-hybridized carbons (Fsp3) is 0.263. The van der Waals surface area contributed by atoms with Crippen molar-refractivity contribution in [3.05, 3.63) is 65.9 Å². The van der Waals surface area contributed by atoms with Gasteiger partial charge >= 0.3 is 0 Å². The first kappa shape index (κ1) is 13.7. The zero-order valence-electron chi connectivity index (χ0n) is 13.2. The first-order valence-electron chi connectivity index (χ1n) is 7.31. The lowest BCUT2D eigenvalue weighted by Gasteiger charge is -2.22. The molecule has 0 atom stereocenters. The molecule has 2 heteroatoms. The van der Waals surface area contributed by atoms with Gasteiger partial charge in [-0.15, -0.1) is 0 Å². The van der Waals surface area contributed by atoms with Crippen LogP contribution in [0.5, 0.6) is 0 Å². The van der Waals surface area contributed by atoms with Crippen LogP contribution in [0.3, 0.4) is 0 Å². The summed E-state index contributed by atoms with van der Waals surface area (Å²) in [5.41, 5.74) is 7.23. The van der Waals surface area contributed by atoms with Crippen molar-refractivity contribution in [3.8, 4) is 0 Å². The van der Waals surface area contributed by atoms with Crippen LogP contribution < -0.4 is 10.2 Å². The molecule has 0 fully saturated rings. The quantitative estimate of drug-likeness (QED) is 0.833. The Balaban J connectivity index is 2.00. The van der Waals surface area contributed by atoms with E-state index in [1.54, 1.807) is 0 Å². The maximum atomic E-state index is 4.24. The highest BCUT2D eigenvalue weighted by molar-refractivity contribution is 5.74. The molecule has 1 aliphatic heterocycles. The molecule has 0 amide bonds. The van der Waals surface area contributed by atoms with E-state index >= 15 is 0 Å². The molecule has 1 N–H and O–H groups in total. The minimum Gasteiger partial charge on any atom is -0.355 e. The number of para-hydroxylation sites is 1. The molecule has 0 bridgehead atoms. The number of rotatable bonds is 2. The first-order chi connectivity index (χ1) is 9.91. The van der Waals surface area contributed by atoms with E-state index in [9.17, 15) is 0 Å². The van der Waals surface area contributed by atoms with Crippen molar-refractivity contribution < 1.29 is 0 Å². The normalized spacial score (nSPS) is 16.0. The summed E-state index contributed by atoms with van der Waals surface area (Å²) in [6.45, 7) is 10.8. The van der Waals surface area contributed by atoms with E-state index in [0.717, 1.165) is 17.1 Å². The summed E-state index contributed by atoms with van der Waals surface area (Å²) in [5.74, 6) is 0. The Bertz CT molecular complexity index is 713. The molecule has 0 unspecified atom stereocenters. The predicted octanol–water partition coefficient (Wildman–Crippen LogP) is 4.98. The second kappa shape index (κ2) is 4.66. The lowest BCUT2D eigenvalue weighted by Crippen LogP contribution is -2.21. The number of hydrogen-bond donors (Lipinski definition) is 1.